The Morgan fingerprint density at radius 2 is 2.19 bits per heavy atom. The van der Waals surface area contributed by atoms with E-state index in [9.17, 15) is 0 Å². The average Bonchev–Trinajstić information content (AvgIpc) is 2.26. The van der Waals surface area contributed by atoms with Crippen LogP contribution in [0.25, 0.3) is 10.4 Å². The van der Waals surface area contributed by atoms with Crippen LogP contribution in [-0.4, -0.2) is 11.7 Å². The molecule has 1 aromatic carbocycles. The van der Waals surface area contributed by atoms with Crippen LogP contribution in [0, 0.1) is 11.8 Å². The fourth-order valence-electron chi connectivity index (χ4n) is 0.988. The first-order chi connectivity index (χ1) is 7.72. The first-order valence-corrected chi connectivity index (χ1v) is 4.79. The van der Waals surface area contributed by atoms with Crippen molar-refractivity contribution < 1.29 is 0 Å². The molecule has 1 rings (SSSR count). The van der Waals surface area contributed by atoms with E-state index >= 15 is 0 Å². The molecule has 3 N–H and O–H groups in total. The zero-order valence-electron chi connectivity index (χ0n) is 8.34. The fourth-order valence-corrected chi connectivity index (χ4v) is 1.11. The highest BCUT2D eigenvalue weighted by Crippen LogP contribution is 2.08. The number of anilines is 1. The van der Waals surface area contributed by atoms with E-state index in [1.165, 1.54) is 0 Å². The minimum atomic E-state index is 0.170. The van der Waals surface area contributed by atoms with Gasteiger partial charge in [0.05, 0.1) is 6.54 Å². The van der Waals surface area contributed by atoms with Crippen LogP contribution in [0.15, 0.2) is 29.4 Å². The second-order valence-electron chi connectivity index (χ2n) is 2.76. The third-order valence-corrected chi connectivity index (χ3v) is 1.70. The highest BCUT2D eigenvalue weighted by molar-refractivity contribution is 7.80. The zero-order valence-corrected chi connectivity index (χ0v) is 9.16. The van der Waals surface area contributed by atoms with Crippen molar-refractivity contribution in [3.63, 3.8) is 0 Å². The summed E-state index contributed by atoms with van der Waals surface area (Å²) in [5.74, 6) is 5.57. The smallest absolute Gasteiger partial charge is 0.168 e. The van der Waals surface area contributed by atoms with Crippen LogP contribution < -0.4 is 11.1 Å². The van der Waals surface area contributed by atoms with Crippen LogP contribution in [0.2, 0.25) is 0 Å². The Bertz CT molecular complexity index is 476. The Labute approximate surface area is 98.3 Å². The monoisotopic (exact) mass is 231 g/mol. The van der Waals surface area contributed by atoms with Crippen molar-refractivity contribution in [1.82, 2.24) is 0 Å². The van der Waals surface area contributed by atoms with Gasteiger partial charge in [-0.25, -0.2) is 0 Å². The van der Waals surface area contributed by atoms with Crippen LogP contribution in [0.3, 0.4) is 0 Å². The van der Waals surface area contributed by atoms with Gasteiger partial charge in [0.15, 0.2) is 5.11 Å². The van der Waals surface area contributed by atoms with Gasteiger partial charge < -0.3 is 11.1 Å². The molecule has 0 heterocycles. The molecule has 6 heteroatoms. The molecule has 1 aromatic rings. The summed E-state index contributed by atoms with van der Waals surface area (Å²) in [6.45, 7) is 0.170. The Morgan fingerprint density at radius 1 is 1.50 bits per heavy atom. The molecule has 0 bridgehead atoms. The predicted molar refractivity (Wildman–Crippen MR) is 67.7 cm³/mol. The van der Waals surface area contributed by atoms with Crippen molar-refractivity contribution in [1.29, 1.82) is 0 Å². The van der Waals surface area contributed by atoms with Gasteiger partial charge in [-0.2, -0.15) is 0 Å². The topological polar surface area (TPSA) is 86.8 Å². The summed E-state index contributed by atoms with van der Waals surface area (Å²) in [6.07, 6.45) is 0. The van der Waals surface area contributed by atoms with Gasteiger partial charge in [0.25, 0.3) is 0 Å². The van der Waals surface area contributed by atoms with Gasteiger partial charge in [0.2, 0.25) is 0 Å². The Balaban J connectivity index is 2.66. The maximum absolute atomic E-state index is 8.04. The largest absolute Gasteiger partial charge is 0.376 e. The third kappa shape index (κ3) is 4.33. The zero-order chi connectivity index (χ0) is 11.8. The second-order valence-corrected chi connectivity index (χ2v) is 3.20. The SMILES string of the molecule is [N-]=[N+]=NCC#Cc1ccc(NC(N)=S)cc1. The number of thiocarbonyl (C=S) groups is 1. The maximum atomic E-state index is 8.04. The highest BCUT2D eigenvalue weighted by atomic mass is 32.1. The average molecular weight is 231 g/mol. The number of nitrogens with two attached hydrogens (primary N) is 1. The minimum absolute atomic E-state index is 0.170. The van der Waals surface area contributed by atoms with Crippen LogP contribution in [0.1, 0.15) is 5.56 Å². The molecule has 0 saturated heterocycles. The van der Waals surface area contributed by atoms with Crippen LogP contribution in [0.5, 0.6) is 0 Å². The number of hydrogen-bond acceptors (Lipinski definition) is 2. The molecule has 0 spiro atoms. The third-order valence-electron chi connectivity index (χ3n) is 1.60. The highest BCUT2D eigenvalue weighted by Gasteiger charge is 1.92. The van der Waals surface area contributed by atoms with Crippen molar-refractivity contribution in [3.05, 3.63) is 40.3 Å². The van der Waals surface area contributed by atoms with E-state index in [1.807, 2.05) is 24.3 Å². The van der Waals surface area contributed by atoms with E-state index in [-0.39, 0.29) is 11.7 Å². The maximum Gasteiger partial charge on any atom is 0.168 e. The molecule has 0 atom stereocenters. The van der Waals surface area contributed by atoms with E-state index in [0.29, 0.717) is 0 Å². The number of hydrogen-bond donors (Lipinski definition) is 2. The molecule has 0 unspecified atom stereocenters. The fraction of sp³-hybridized carbons (Fsp3) is 0.100. The number of benzene rings is 1. The predicted octanol–water partition coefficient (Wildman–Crippen LogP) is 2.00. The number of nitrogens with zero attached hydrogens (tertiary/aromatic N) is 3. The first kappa shape index (κ1) is 11.9. The summed E-state index contributed by atoms with van der Waals surface area (Å²) in [5.41, 5.74) is 15.0. The van der Waals surface area contributed by atoms with Crippen molar-refractivity contribution in [2.75, 3.05) is 11.9 Å². The van der Waals surface area contributed by atoms with Crippen molar-refractivity contribution in [3.8, 4) is 11.8 Å². The van der Waals surface area contributed by atoms with Gasteiger partial charge in [-0.15, -0.1) is 0 Å². The molecule has 5 nitrogen and oxygen atoms in total. The van der Waals surface area contributed by atoms with Crippen LogP contribution in [-0.2, 0) is 0 Å². The van der Waals surface area contributed by atoms with Crippen LogP contribution in [0.4, 0.5) is 5.69 Å². The van der Waals surface area contributed by atoms with Gasteiger partial charge in [-0.05, 0) is 42.0 Å². The van der Waals surface area contributed by atoms with Gasteiger partial charge in [0, 0.05) is 16.2 Å². The molecule has 0 aromatic heterocycles. The molecular formula is C10H9N5S. The van der Waals surface area contributed by atoms with E-state index in [0.717, 1.165) is 11.3 Å². The standard InChI is InChI=1S/C10H9N5S/c11-10(16)14-9-5-3-8(4-6-9)2-1-7-13-15-12/h3-6H,7H2,(H3,11,14,16). The lowest BCUT2D eigenvalue weighted by Crippen LogP contribution is -2.18. The van der Waals surface area contributed by atoms with E-state index in [2.05, 4.69) is 27.2 Å². The van der Waals surface area contributed by atoms with E-state index in [1.54, 1.807) is 0 Å². The summed E-state index contributed by atoms with van der Waals surface area (Å²) in [5, 5.41) is 6.33. The Hall–Kier alpha value is -2.22. The normalized spacial score (nSPS) is 8.25. The molecule has 16 heavy (non-hydrogen) atoms. The van der Waals surface area contributed by atoms with Gasteiger partial charge in [-0.1, -0.05) is 17.0 Å². The first-order valence-electron chi connectivity index (χ1n) is 4.38. The van der Waals surface area contributed by atoms with E-state index in [4.69, 9.17) is 23.5 Å². The van der Waals surface area contributed by atoms with Gasteiger partial charge in [0.1, 0.15) is 0 Å². The van der Waals surface area contributed by atoms with Crippen molar-refractivity contribution in [2.45, 2.75) is 0 Å². The molecule has 0 fully saturated rings. The van der Waals surface area contributed by atoms with E-state index < -0.39 is 0 Å². The van der Waals surface area contributed by atoms with Gasteiger partial charge >= 0.3 is 0 Å². The molecule has 80 valence electrons. The minimum Gasteiger partial charge on any atom is -0.376 e. The summed E-state index contributed by atoms with van der Waals surface area (Å²) < 4.78 is 0. The molecule has 0 aliphatic carbocycles. The lowest BCUT2D eigenvalue weighted by Gasteiger charge is -2.02. The summed E-state index contributed by atoms with van der Waals surface area (Å²) in [7, 11) is 0. The molecular weight excluding hydrogens is 222 g/mol. The molecule has 0 saturated carbocycles. The quantitative estimate of drug-likeness (QED) is 0.268. The second kappa shape index (κ2) is 6.30. The van der Waals surface area contributed by atoms with Crippen molar-refractivity contribution in [2.24, 2.45) is 10.8 Å². The number of azide groups is 1. The number of rotatable bonds is 2. The molecule has 0 aliphatic heterocycles. The lowest BCUT2D eigenvalue weighted by atomic mass is 10.2. The Kier molecular flexibility index (Phi) is 4.67. The summed E-state index contributed by atoms with van der Waals surface area (Å²) in [6, 6.07) is 7.28. The Morgan fingerprint density at radius 3 is 2.75 bits per heavy atom. The molecule has 0 aliphatic rings. The molecule has 0 radical (unpaired) electrons. The van der Waals surface area contributed by atoms with Gasteiger partial charge in [-0.3, -0.25) is 0 Å². The summed E-state index contributed by atoms with van der Waals surface area (Å²) >= 11 is 4.70. The number of nitrogens with one attached hydrogen (secondary N) is 1. The summed E-state index contributed by atoms with van der Waals surface area (Å²) in [4.78, 5) is 2.60. The lowest BCUT2D eigenvalue weighted by molar-refractivity contribution is 1.25. The molecule has 0 amide bonds. The van der Waals surface area contributed by atoms with Crippen LogP contribution >= 0.6 is 12.2 Å². The van der Waals surface area contributed by atoms with Crippen molar-refractivity contribution >= 4 is 23.0 Å².